The third-order valence-corrected chi connectivity index (χ3v) is 5.97. The Balaban J connectivity index is 0.000000481. The van der Waals surface area contributed by atoms with Crippen molar-refractivity contribution in [3.8, 4) is 0 Å². The molecule has 4 rings (SSSR count). The Bertz CT molecular complexity index is 978. The minimum atomic E-state index is -1.82. The second-order valence-electron chi connectivity index (χ2n) is 8.21. The third-order valence-electron chi connectivity index (χ3n) is 5.97. The number of rotatable bonds is 3. The van der Waals surface area contributed by atoms with Crippen LogP contribution in [-0.4, -0.2) is 83.0 Å². The van der Waals surface area contributed by atoms with Crippen LogP contribution in [-0.2, 0) is 14.4 Å². The molecular formula is C25H29N3O6. The second-order valence-corrected chi connectivity index (χ2v) is 8.21. The molecule has 0 radical (unpaired) electrons. The fraction of sp³-hybridized carbons (Fsp3) is 0.360. The molecule has 0 aromatic heterocycles. The Morgan fingerprint density at radius 1 is 0.706 bits per heavy atom. The lowest BCUT2D eigenvalue weighted by atomic mass is 9.95. The van der Waals surface area contributed by atoms with Crippen molar-refractivity contribution in [2.24, 2.45) is 5.92 Å². The van der Waals surface area contributed by atoms with E-state index < -0.39 is 11.9 Å². The number of carboxylic acids is 2. The molecule has 2 aromatic carbocycles. The van der Waals surface area contributed by atoms with Crippen molar-refractivity contribution in [3.63, 3.8) is 0 Å². The Kier molecular flexibility index (Phi) is 8.61. The summed E-state index contributed by atoms with van der Waals surface area (Å²) in [5, 5.41) is 14.8. The molecule has 0 bridgehead atoms. The molecule has 2 aliphatic rings. The SMILES string of the molecule is O=C(O)C(=O)O.O=C(c1ccccc1)N1CCCC(C(=O)N2CCN(c3ccccc3)CC2)C1. The van der Waals surface area contributed by atoms with Crippen LogP contribution in [0.5, 0.6) is 0 Å². The van der Waals surface area contributed by atoms with Gasteiger partial charge in [0.05, 0.1) is 5.92 Å². The van der Waals surface area contributed by atoms with Crippen LogP contribution in [0, 0.1) is 5.92 Å². The van der Waals surface area contributed by atoms with Crippen molar-refractivity contribution in [2.45, 2.75) is 12.8 Å². The summed E-state index contributed by atoms with van der Waals surface area (Å²) in [6.45, 7) is 4.47. The summed E-state index contributed by atoms with van der Waals surface area (Å²) in [5.74, 6) is -3.49. The van der Waals surface area contributed by atoms with E-state index in [1.807, 2.05) is 58.3 Å². The largest absolute Gasteiger partial charge is 0.473 e. The minimum absolute atomic E-state index is 0.0343. The maximum absolute atomic E-state index is 13.1. The molecule has 2 aliphatic heterocycles. The molecular weight excluding hydrogens is 438 g/mol. The average Bonchev–Trinajstić information content (AvgIpc) is 2.89. The molecule has 9 heteroatoms. The number of carboxylic acid groups (broad SMARTS) is 2. The molecule has 1 atom stereocenters. The number of carbonyl (C=O) groups is 4. The Morgan fingerprint density at radius 3 is 1.82 bits per heavy atom. The van der Waals surface area contributed by atoms with Gasteiger partial charge in [0.1, 0.15) is 0 Å². The monoisotopic (exact) mass is 467 g/mol. The number of anilines is 1. The molecule has 2 fully saturated rings. The van der Waals surface area contributed by atoms with Crippen LogP contribution in [0.25, 0.3) is 0 Å². The number of carbonyl (C=O) groups excluding carboxylic acids is 2. The van der Waals surface area contributed by atoms with E-state index in [4.69, 9.17) is 19.8 Å². The summed E-state index contributed by atoms with van der Waals surface area (Å²) in [4.78, 5) is 50.2. The van der Waals surface area contributed by atoms with Gasteiger partial charge in [0.2, 0.25) is 5.91 Å². The zero-order valence-electron chi connectivity index (χ0n) is 18.9. The van der Waals surface area contributed by atoms with Crippen LogP contribution in [0.15, 0.2) is 60.7 Å². The number of hydrogen-bond acceptors (Lipinski definition) is 5. The van der Waals surface area contributed by atoms with Crippen LogP contribution in [0.1, 0.15) is 23.2 Å². The van der Waals surface area contributed by atoms with Gasteiger partial charge in [-0.15, -0.1) is 0 Å². The lowest BCUT2D eigenvalue weighted by Gasteiger charge is -2.39. The van der Waals surface area contributed by atoms with E-state index in [1.165, 1.54) is 5.69 Å². The van der Waals surface area contributed by atoms with Gasteiger partial charge in [-0.2, -0.15) is 0 Å². The Morgan fingerprint density at radius 2 is 1.26 bits per heavy atom. The van der Waals surface area contributed by atoms with Gasteiger partial charge in [0.25, 0.3) is 5.91 Å². The predicted octanol–water partition coefficient (Wildman–Crippen LogP) is 2.04. The van der Waals surface area contributed by atoms with Crippen LogP contribution >= 0.6 is 0 Å². The minimum Gasteiger partial charge on any atom is -0.473 e. The maximum Gasteiger partial charge on any atom is 0.414 e. The summed E-state index contributed by atoms with van der Waals surface area (Å²) < 4.78 is 0. The highest BCUT2D eigenvalue weighted by Gasteiger charge is 2.32. The maximum atomic E-state index is 13.1. The van der Waals surface area contributed by atoms with Gasteiger partial charge in [-0.05, 0) is 37.1 Å². The molecule has 2 aromatic rings. The molecule has 0 spiro atoms. The first-order chi connectivity index (χ1) is 16.4. The Hall–Kier alpha value is -3.88. The number of nitrogens with zero attached hydrogens (tertiary/aromatic N) is 3. The molecule has 2 N–H and O–H groups in total. The van der Waals surface area contributed by atoms with Crippen molar-refractivity contribution < 1.29 is 29.4 Å². The summed E-state index contributed by atoms with van der Waals surface area (Å²) in [6.07, 6.45) is 1.76. The van der Waals surface area contributed by atoms with Gasteiger partial charge in [-0.1, -0.05) is 36.4 Å². The fourth-order valence-corrected chi connectivity index (χ4v) is 4.21. The fourth-order valence-electron chi connectivity index (χ4n) is 4.21. The molecule has 34 heavy (non-hydrogen) atoms. The van der Waals surface area contributed by atoms with Crippen LogP contribution in [0.3, 0.4) is 0 Å². The molecule has 0 aliphatic carbocycles. The highest BCUT2D eigenvalue weighted by Crippen LogP contribution is 2.22. The summed E-state index contributed by atoms with van der Waals surface area (Å²) >= 11 is 0. The van der Waals surface area contributed by atoms with Crippen LogP contribution in [0.2, 0.25) is 0 Å². The predicted molar refractivity (Wildman–Crippen MR) is 126 cm³/mol. The highest BCUT2D eigenvalue weighted by atomic mass is 16.4. The van der Waals surface area contributed by atoms with E-state index in [2.05, 4.69) is 17.0 Å². The number of likely N-dealkylation sites (tertiary alicyclic amines) is 1. The number of aliphatic carboxylic acids is 2. The molecule has 2 saturated heterocycles. The van der Waals surface area contributed by atoms with Crippen molar-refractivity contribution in [3.05, 3.63) is 66.2 Å². The molecule has 1 unspecified atom stereocenters. The van der Waals surface area contributed by atoms with E-state index in [0.29, 0.717) is 12.1 Å². The highest BCUT2D eigenvalue weighted by molar-refractivity contribution is 6.27. The molecule has 9 nitrogen and oxygen atoms in total. The first kappa shape index (κ1) is 24.8. The van der Waals surface area contributed by atoms with Gasteiger partial charge >= 0.3 is 11.9 Å². The van der Waals surface area contributed by atoms with Gasteiger partial charge < -0.3 is 24.9 Å². The van der Waals surface area contributed by atoms with E-state index >= 15 is 0 Å². The van der Waals surface area contributed by atoms with E-state index in [1.54, 1.807) is 0 Å². The molecule has 180 valence electrons. The molecule has 2 heterocycles. The summed E-state index contributed by atoms with van der Waals surface area (Å²) in [6, 6.07) is 19.7. The molecule has 0 saturated carbocycles. The van der Waals surface area contributed by atoms with Gasteiger partial charge in [-0.25, -0.2) is 9.59 Å². The van der Waals surface area contributed by atoms with E-state index in [9.17, 15) is 9.59 Å². The second kappa shape index (κ2) is 11.8. The lowest BCUT2D eigenvalue weighted by Crippen LogP contribution is -2.53. The van der Waals surface area contributed by atoms with Crippen LogP contribution < -0.4 is 4.90 Å². The van der Waals surface area contributed by atoms with Crippen molar-refractivity contribution >= 4 is 29.4 Å². The number of benzene rings is 2. The number of para-hydroxylation sites is 1. The summed E-state index contributed by atoms with van der Waals surface area (Å²) in [7, 11) is 0. The van der Waals surface area contributed by atoms with Gasteiger partial charge in [0, 0.05) is 50.5 Å². The van der Waals surface area contributed by atoms with Crippen molar-refractivity contribution in [2.75, 3.05) is 44.2 Å². The number of amides is 2. The smallest absolute Gasteiger partial charge is 0.414 e. The van der Waals surface area contributed by atoms with Gasteiger partial charge in [-0.3, -0.25) is 9.59 Å². The number of piperazine rings is 1. The zero-order chi connectivity index (χ0) is 24.5. The quantitative estimate of drug-likeness (QED) is 0.663. The van der Waals surface area contributed by atoms with E-state index in [-0.39, 0.29) is 17.7 Å². The standard InChI is InChI=1S/C23H27N3O2.C2H2O4/c27-22(19-8-3-1-4-9-19)26-13-7-10-20(18-26)23(28)25-16-14-24(15-17-25)21-11-5-2-6-12-21;3-1(4)2(5)6/h1-6,8-9,11-12,20H,7,10,13-18H2;(H,3,4)(H,5,6). The first-order valence-electron chi connectivity index (χ1n) is 11.3. The normalized spacial score (nSPS) is 17.9. The lowest BCUT2D eigenvalue weighted by molar-refractivity contribution is -0.159. The first-order valence-corrected chi connectivity index (χ1v) is 11.3. The number of hydrogen-bond donors (Lipinski definition) is 2. The summed E-state index contributed by atoms with van der Waals surface area (Å²) in [5.41, 5.74) is 1.92. The number of piperidine rings is 1. The van der Waals surface area contributed by atoms with E-state index in [0.717, 1.165) is 45.6 Å². The molecule has 2 amide bonds. The van der Waals surface area contributed by atoms with Crippen molar-refractivity contribution in [1.29, 1.82) is 0 Å². The Labute approximate surface area is 198 Å². The third kappa shape index (κ3) is 6.57. The van der Waals surface area contributed by atoms with Crippen LogP contribution in [0.4, 0.5) is 5.69 Å². The zero-order valence-corrected chi connectivity index (χ0v) is 18.9. The average molecular weight is 468 g/mol. The van der Waals surface area contributed by atoms with Crippen molar-refractivity contribution in [1.82, 2.24) is 9.80 Å². The van der Waals surface area contributed by atoms with Gasteiger partial charge in [0.15, 0.2) is 0 Å². The topological polar surface area (TPSA) is 118 Å².